The lowest BCUT2D eigenvalue weighted by Crippen LogP contribution is -2.17. The van der Waals surface area contributed by atoms with Crippen LogP contribution in [0.15, 0.2) is 46.9 Å². The summed E-state index contributed by atoms with van der Waals surface area (Å²) in [7, 11) is 0. The number of carbonyl (C=O) groups excluding carboxylic acids is 1. The Morgan fingerprint density at radius 2 is 2.00 bits per heavy atom. The molecule has 3 nitrogen and oxygen atoms in total. The van der Waals surface area contributed by atoms with Gasteiger partial charge in [0.1, 0.15) is 10.8 Å². The molecule has 2 aromatic carbocycles. The number of nitrogens with two attached hydrogens (primary N) is 1. The third-order valence-electron chi connectivity index (χ3n) is 2.58. The van der Waals surface area contributed by atoms with Crippen molar-refractivity contribution in [2.45, 2.75) is 0 Å². The Hall–Kier alpha value is -1.79. The lowest BCUT2D eigenvalue weighted by Gasteiger charge is -2.10. The maximum atomic E-state index is 13.1. The van der Waals surface area contributed by atoms with Gasteiger partial charge in [-0.25, -0.2) is 4.39 Å². The fourth-order valence-corrected chi connectivity index (χ4v) is 2.18. The molecule has 1 amide bonds. The number of benzene rings is 2. The summed E-state index contributed by atoms with van der Waals surface area (Å²) in [6, 6.07) is 10.6. The van der Waals surface area contributed by atoms with E-state index >= 15 is 0 Å². The topological polar surface area (TPSA) is 55.1 Å². The third kappa shape index (κ3) is 3.40. The zero-order chi connectivity index (χ0) is 14.7. The van der Waals surface area contributed by atoms with Gasteiger partial charge in [0.15, 0.2) is 0 Å². The lowest BCUT2D eigenvalue weighted by molar-refractivity contribution is 0.102. The average Bonchev–Trinajstić information content (AvgIpc) is 2.40. The van der Waals surface area contributed by atoms with Gasteiger partial charge in [-0.3, -0.25) is 4.79 Å². The van der Waals surface area contributed by atoms with Gasteiger partial charge >= 0.3 is 0 Å². The minimum absolute atomic E-state index is 0.167. The Morgan fingerprint density at radius 1 is 1.25 bits per heavy atom. The van der Waals surface area contributed by atoms with Crippen LogP contribution in [0, 0.1) is 5.82 Å². The number of hydrogen-bond donors (Lipinski definition) is 2. The number of carbonyl (C=O) groups is 1. The molecule has 0 aromatic heterocycles. The van der Waals surface area contributed by atoms with Crippen LogP contribution in [0.2, 0.25) is 0 Å². The van der Waals surface area contributed by atoms with Gasteiger partial charge in [0.05, 0.1) is 5.69 Å². The summed E-state index contributed by atoms with van der Waals surface area (Å²) in [6.07, 6.45) is 0. The maximum absolute atomic E-state index is 13.1. The van der Waals surface area contributed by atoms with Crippen LogP contribution in [0.5, 0.6) is 0 Å². The Kier molecular flexibility index (Phi) is 4.46. The first-order chi connectivity index (χ1) is 9.47. The first kappa shape index (κ1) is 14.6. The lowest BCUT2D eigenvalue weighted by atomic mass is 10.1. The molecule has 0 fully saturated rings. The first-order valence-corrected chi connectivity index (χ1v) is 6.84. The largest absolute Gasteiger partial charge is 0.389 e. The molecule has 3 N–H and O–H groups in total. The monoisotopic (exact) mass is 352 g/mol. The van der Waals surface area contributed by atoms with Gasteiger partial charge in [0, 0.05) is 15.6 Å². The van der Waals surface area contributed by atoms with Crippen molar-refractivity contribution in [3.63, 3.8) is 0 Å². The normalized spacial score (nSPS) is 10.1. The van der Waals surface area contributed by atoms with Gasteiger partial charge < -0.3 is 11.1 Å². The summed E-state index contributed by atoms with van der Waals surface area (Å²) >= 11 is 8.25. The molecule has 2 aromatic rings. The van der Waals surface area contributed by atoms with Crippen LogP contribution in [-0.2, 0) is 0 Å². The minimum Gasteiger partial charge on any atom is -0.389 e. The number of amides is 1. The quantitative estimate of drug-likeness (QED) is 0.831. The fourth-order valence-electron chi connectivity index (χ4n) is 1.65. The molecule has 102 valence electrons. The van der Waals surface area contributed by atoms with Crippen LogP contribution in [0.3, 0.4) is 0 Å². The van der Waals surface area contributed by atoms with E-state index in [2.05, 4.69) is 21.2 Å². The zero-order valence-electron chi connectivity index (χ0n) is 10.2. The van der Waals surface area contributed by atoms with E-state index in [1.807, 2.05) is 0 Å². The van der Waals surface area contributed by atoms with Gasteiger partial charge in [-0.1, -0.05) is 34.2 Å². The zero-order valence-corrected chi connectivity index (χ0v) is 12.6. The van der Waals surface area contributed by atoms with Crippen molar-refractivity contribution >= 4 is 44.7 Å². The van der Waals surface area contributed by atoms with Crippen LogP contribution in [0.25, 0.3) is 0 Å². The van der Waals surface area contributed by atoms with Gasteiger partial charge in [0.25, 0.3) is 5.91 Å². The average molecular weight is 353 g/mol. The van der Waals surface area contributed by atoms with E-state index in [1.165, 1.54) is 18.2 Å². The Balaban J connectivity index is 2.30. The van der Waals surface area contributed by atoms with Gasteiger partial charge in [0.2, 0.25) is 0 Å². The molecule has 0 aliphatic heterocycles. The number of rotatable bonds is 3. The molecular formula is C14H10BrFN2OS. The predicted molar refractivity (Wildman–Crippen MR) is 84.4 cm³/mol. The fraction of sp³-hybridized carbons (Fsp3) is 0. The van der Waals surface area contributed by atoms with Crippen molar-refractivity contribution in [1.29, 1.82) is 0 Å². The van der Waals surface area contributed by atoms with Crippen molar-refractivity contribution < 1.29 is 9.18 Å². The first-order valence-electron chi connectivity index (χ1n) is 5.63. The molecule has 0 aliphatic rings. The van der Waals surface area contributed by atoms with E-state index in [-0.39, 0.29) is 10.6 Å². The molecule has 2 rings (SSSR count). The molecule has 0 aliphatic carbocycles. The second-order valence-electron chi connectivity index (χ2n) is 4.02. The Bertz CT molecular complexity index is 691. The Labute approximate surface area is 129 Å². The highest BCUT2D eigenvalue weighted by molar-refractivity contribution is 9.10. The van der Waals surface area contributed by atoms with Crippen molar-refractivity contribution in [3.8, 4) is 0 Å². The second-order valence-corrected chi connectivity index (χ2v) is 5.37. The van der Waals surface area contributed by atoms with Crippen LogP contribution in [0.4, 0.5) is 10.1 Å². The molecule has 20 heavy (non-hydrogen) atoms. The summed E-state index contributed by atoms with van der Waals surface area (Å²) in [5, 5.41) is 2.67. The summed E-state index contributed by atoms with van der Waals surface area (Å²) < 4.78 is 13.9. The van der Waals surface area contributed by atoms with Crippen molar-refractivity contribution in [1.82, 2.24) is 0 Å². The molecular weight excluding hydrogens is 343 g/mol. The van der Waals surface area contributed by atoms with Crippen LogP contribution in [-0.4, -0.2) is 10.9 Å². The number of halogens is 2. The Morgan fingerprint density at radius 3 is 2.65 bits per heavy atom. The molecule has 0 atom stereocenters. The molecule has 6 heteroatoms. The van der Waals surface area contributed by atoms with E-state index in [0.29, 0.717) is 11.3 Å². The van der Waals surface area contributed by atoms with Crippen molar-refractivity contribution in [3.05, 3.63) is 63.9 Å². The number of nitrogens with one attached hydrogen (secondary N) is 1. The number of thiocarbonyl (C=S) groups is 1. The summed E-state index contributed by atoms with van der Waals surface area (Å²) in [5.74, 6) is -0.896. The van der Waals surface area contributed by atoms with E-state index in [9.17, 15) is 9.18 Å². The van der Waals surface area contributed by atoms with E-state index in [0.717, 1.165) is 10.5 Å². The van der Waals surface area contributed by atoms with Crippen molar-refractivity contribution in [2.75, 3.05) is 5.32 Å². The third-order valence-corrected chi connectivity index (χ3v) is 3.30. The van der Waals surface area contributed by atoms with Gasteiger partial charge in [-0.15, -0.1) is 0 Å². The summed E-state index contributed by atoms with van der Waals surface area (Å²) in [6.45, 7) is 0. The van der Waals surface area contributed by atoms with Gasteiger partial charge in [-0.2, -0.15) is 0 Å². The molecule has 0 radical (unpaired) electrons. The second kappa shape index (κ2) is 6.11. The number of anilines is 1. The van der Waals surface area contributed by atoms with Crippen molar-refractivity contribution in [2.24, 2.45) is 5.73 Å². The number of hydrogen-bond acceptors (Lipinski definition) is 2. The minimum atomic E-state index is -0.469. The van der Waals surface area contributed by atoms with E-state index < -0.39 is 11.7 Å². The summed E-state index contributed by atoms with van der Waals surface area (Å²) in [4.78, 5) is 12.2. The smallest absolute Gasteiger partial charge is 0.255 e. The molecule has 0 saturated heterocycles. The molecule has 0 saturated carbocycles. The molecule has 0 spiro atoms. The van der Waals surface area contributed by atoms with Crippen LogP contribution >= 0.6 is 28.1 Å². The molecule has 0 heterocycles. The van der Waals surface area contributed by atoms with Crippen LogP contribution in [0.1, 0.15) is 15.9 Å². The standard InChI is InChI=1S/C14H10BrFN2OS/c15-9-4-5-12(11(7-9)13(17)20)18-14(19)8-2-1-3-10(16)6-8/h1-7H,(H2,17,20)(H,18,19). The van der Waals surface area contributed by atoms with E-state index in [4.69, 9.17) is 18.0 Å². The SMILES string of the molecule is NC(=S)c1cc(Br)ccc1NC(=O)c1cccc(F)c1. The van der Waals surface area contributed by atoms with E-state index in [1.54, 1.807) is 18.2 Å². The molecule has 0 unspecified atom stereocenters. The highest BCUT2D eigenvalue weighted by atomic mass is 79.9. The maximum Gasteiger partial charge on any atom is 0.255 e. The van der Waals surface area contributed by atoms with Gasteiger partial charge in [-0.05, 0) is 36.4 Å². The highest BCUT2D eigenvalue weighted by Gasteiger charge is 2.11. The van der Waals surface area contributed by atoms with Crippen LogP contribution < -0.4 is 11.1 Å². The predicted octanol–water partition coefficient (Wildman–Crippen LogP) is 3.47. The summed E-state index contributed by atoms with van der Waals surface area (Å²) in [5.41, 5.74) is 6.87. The highest BCUT2D eigenvalue weighted by Crippen LogP contribution is 2.21. The molecule has 0 bridgehead atoms.